The number of fused-ring (bicyclic) bond motifs is 2. The predicted molar refractivity (Wildman–Crippen MR) is 83.2 cm³/mol. The Balaban J connectivity index is 1.65. The van der Waals surface area contributed by atoms with Gasteiger partial charge in [-0.1, -0.05) is 0 Å². The topological polar surface area (TPSA) is 37.8 Å². The highest BCUT2D eigenvalue weighted by atomic mass is 32.1. The molecule has 20 heavy (non-hydrogen) atoms. The molecule has 0 amide bonds. The molecule has 0 saturated carbocycles. The van der Waals surface area contributed by atoms with Crippen molar-refractivity contribution in [2.75, 3.05) is 5.32 Å². The molecule has 0 radical (unpaired) electrons. The van der Waals surface area contributed by atoms with Crippen LogP contribution in [0.2, 0.25) is 0 Å². The third kappa shape index (κ3) is 2.06. The molecular weight excluding hydrogens is 266 g/mol. The largest absolute Gasteiger partial charge is 0.378 e. The van der Waals surface area contributed by atoms with Gasteiger partial charge in [-0.15, -0.1) is 11.3 Å². The van der Waals surface area contributed by atoms with Crippen molar-refractivity contribution in [2.24, 2.45) is 0 Å². The number of aromatic nitrogens is 2. The standard InChI is InChI=1S/C16H15N3S/c1-2-13(12-6-9-20-16(12)3-1)19-11-4-5-14-15(10-11)18-8-7-17-14/h4-10,13,19H,1-3H2. The molecule has 0 aliphatic heterocycles. The van der Waals surface area contributed by atoms with Crippen LogP contribution in [0.3, 0.4) is 0 Å². The molecule has 2 heterocycles. The van der Waals surface area contributed by atoms with Crippen molar-refractivity contribution >= 4 is 28.1 Å². The monoisotopic (exact) mass is 281 g/mol. The van der Waals surface area contributed by atoms with E-state index in [0.29, 0.717) is 6.04 Å². The van der Waals surface area contributed by atoms with Crippen molar-refractivity contribution in [2.45, 2.75) is 25.3 Å². The number of aryl methyl sites for hydroxylation is 1. The minimum atomic E-state index is 0.430. The van der Waals surface area contributed by atoms with E-state index in [1.807, 2.05) is 17.4 Å². The summed E-state index contributed by atoms with van der Waals surface area (Å²) in [6, 6.07) is 8.90. The van der Waals surface area contributed by atoms with Crippen LogP contribution in [0.1, 0.15) is 29.3 Å². The highest BCUT2D eigenvalue weighted by molar-refractivity contribution is 7.10. The maximum atomic E-state index is 4.37. The second-order valence-corrected chi connectivity index (χ2v) is 6.15. The van der Waals surface area contributed by atoms with E-state index in [0.717, 1.165) is 16.7 Å². The van der Waals surface area contributed by atoms with Gasteiger partial charge >= 0.3 is 0 Å². The van der Waals surface area contributed by atoms with Crippen molar-refractivity contribution in [1.29, 1.82) is 0 Å². The lowest BCUT2D eigenvalue weighted by Crippen LogP contribution is -2.15. The van der Waals surface area contributed by atoms with Gasteiger partial charge in [0.1, 0.15) is 0 Å². The number of nitrogens with one attached hydrogen (secondary N) is 1. The molecule has 4 rings (SSSR count). The van der Waals surface area contributed by atoms with Crippen LogP contribution in [0.4, 0.5) is 5.69 Å². The number of thiophene rings is 1. The van der Waals surface area contributed by atoms with E-state index < -0.39 is 0 Å². The summed E-state index contributed by atoms with van der Waals surface area (Å²) in [4.78, 5) is 10.2. The summed E-state index contributed by atoms with van der Waals surface area (Å²) in [5.41, 5.74) is 4.49. The zero-order chi connectivity index (χ0) is 13.4. The Labute approximate surface area is 121 Å². The average molecular weight is 281 g/mol. The van der Waals surface area contributed by atoms with Crippen LogP contribution >= 0.6 is 11.3 Å². The van der Waals surface area contributed by atoms with Gasteiger partial charge in [0, 0.05) is 23.0 Å². The number of rotatable bonds is 2. The van der Waals surface area contributed by atoms with Gasteiger partial charge in [-0.05, 0) is 54.5 Å². The molecular formula is C16H15N3S. The molecule has 0 spiro atoms. The Hall–Kier alpha value is -1.94. The van der Waals surface area contributed by atoms with Gasteiger partial charge in [-0.25, -0.2) is 0 Å². The molecule has 1 aliphatic rings. The Morgan fingerprint density at radius 1 is 1.10 bits per heavy atom. The van der Waals surface area contributed by atoms with Gasteiger partial charge in [0.05, 0.1) is 17.1 Å². The molecule has 1 N–H and O–H groups in total. The Morgan fingerprint density at radius 3 is 2.95 bits per heavy atom. The lowest BCUT2D eigenvalue weighted by Gasteiger charge is -2.24. The molecule has 3 aromatic rings. The van der Waals surface area contributed by atoms with Crippen LogP contribution in [0.5, 0.6) is 0 Å². The van der Waals surface area contributed by atoms with Crippen molar-refractivity contribution in [1.82, 2.24) is 9.97 Å². The van der Waals surface area contributed by atoms with Crippen molar-refractivity contribution in [3.63, 3.8) is 0 Å². The second-order valence-electron chi connectivity index (χ2n) is 5.15. The molecule has 0 fully saturated rings. The van der Waals surface area contributed by atoms with E-state index in [1.165, 1.54) is 29.7 Å². The molecule has 0 bridgehead atoms. The minimum absolute atomic E-state index is 0.430. The summed E-state index contributed by atoms with van der Waals surface area (Å²) in [6.45, 7) is 0. The molecule has 2 aromatic heterocycles. The fraction of sp³-hybridized carbons (Fsp3) is 0.250. The van der Waals surface area contributed by atoms with E-state index in [-0.39, 0.29) is 0 Å². The maximum absolute atomic E-state index is 4.37. The first-order valence-corrected chi connectivity index (χ1v) is 7.82. The molecule has 1 aliphatic carbocycles. The molecule has 100 valence electrons. The van der Waals surface area contributed by atoms with E-state index in [2.05, 4.69) is 38.9 Å². The highest BCUT2D eigenvalue weighted by Crippen LogP contribution is 2.35. The molecule has 1 aromatic carbocycles. The first kappa shape index (κ1) is 11.9. The molecule has 1 unspecified atom stereocenters. The number of anilines is 1. The average Bonchev–Trinajstić information content (AvgIpc) is 2.97. The van der Waals surface area contributed by atoms with Gasteiger partial charge in [-0.3, -0.25) is 9.97 Å². The number of benzene rings is 1. The summed E-state index contributed by atoms with van der Waals surface area (Å²) >= 11 is 1.88. The third-order valence-corrected chi connectivity index (χ3v) is 4.86. The fourth-order valence-corrected chi connectivity index (χ4v) is 3.88. The van der Waals surface area contributed by atoms with Gasteiger partial charge in [0.25, 0.3) is 0 Å². The summed E-state index contributed by atoms with van der Waals surface area (Å²) < 4.78 is 0. The predicted octanol–water partition coefficient (Wildman–Crippen LogP) is 4.18. The van der Waals surface area contributed by atoms with Crippen molar-refractivity contribution in [3.05, 3.63) is 52.5 Å². The van der Waals surface area contributed by atoms with Gasteiger partial charge in [0.15, 0.2) is 0 Å². The summed E-state index contributed by atoms with van der Waals surface area (Å²) in [5.74, 6) is 0. The van der Waals surface area contributed by atoms with E-state index in [4.69, 9.17) is 0 Å². The van der Waals surface area contributed by atoms with Crippen LogP contribution in [-0.4, -0.2) is 9.97 Å². The van der Waals surface area contributed by atoms with Gasteiger partial charge in [-0.2, -0.15) is 0 Å². The summed E-state index contributed by atoms with van der Waals surface area (Å²) in [5, 5.41) is 5.86. The normalized spacial score (nSPS) is 17.9. The van der Waals surface area contributed by atoms with Gasteiger partial charge < -0.3 is 5.32 Å². The first-order valence-electron chi connectivity index (χ1n) is 6.94. The minimum Gasteiger partial charge on any atom is -0.378 e. The summed E-state index contributed by atoms with van der Waals surface area (Å²) in [6.07, 6.45) is 7.16. The van der Waals surface area contributed by atoms with Gasteiger partial charge in [0.2, 0.25) is 0 Å². The molecule has 3 nitrogen and oxygen atoms in total. The lowest BCUT2D eigenvalue weighted by molar-refractivity contribution is 0.609. The zero-order valence-electron chi connectivity index (χ0n) is 11.0. The Bertz CT molecular complexity index is 750. The second kappa shape index (κ2) is 4.87. The van der Waals surface area contributed by atoms with E-state index in [1.54, 1.807) is 12.4 Å². The zero-order valence-corrected chi connectivity index (χ0v) is 11.9. The molecule has 4 heteroatoms. The SMILES string of the molecule is c1cnc2cc(NC3CCCc4sccc43)ccc2n1. The first-order chi connectivity index (χ1) is 9.90. The van der Waals surface area contributed by atoms with Crippen LogP contribution in [0.25, 0.3) is 11.0 Å². The van der Waals surface area contributed by atoms with Crippen LogP contribution in [0.15, 0.2) is 42.0 Å². The number of hydrogen-bond donors (Lipinski definition) is 1. The maximum Gasteiger partial charge on any atom is 0.0907 e. The fourth-order valence-electron chi connectivity index (χ4n) is 2.89. The van der Waals surface area contributed by atoms with Crippen molar-refractivity contribution in [3.8, 4) is 0 Å². The van der Waals surface area contributed by atoms with E-state index >= 15 is 0 Å². The Morgan fingerprint density at radius 2 is 2.00 bits per heavy atom. The molecule has 0 saturated heterocycles. The lowest BCUT2D eigenvalue weighted by atomic mass is 9.94. The van der Waals surface area contributed by atoms with Crippen molar-refractivity contribution < 1.29 is 0 Å². The summed E-state index contributed by atoms with van der Waals surface area (Å²) in [7, 11) is 0. The smallest absolute Gasteiger partial charge is 0.0907 e. The highest BCUT2D eigenvalue weighted by Gasteiger charge is 2.20. The van der Waals surface area contributed by atoms with Crippen LogP contribution < -0.4 is 5.32 Å². The number of hydrogen-bond acceptors (Lipinski definition) is 4. The number of nitrogens with zero attached hydrogens (tertiary/aromatic N) is 2. The van der Waals surface area contributed by atoms with E-state index in [9.17, 15) is 0 Å². The Kier molecular flexibility index (Phi) is 2.89. The molecule has 1 atom stereocenters. The third-order valence-electron chi connectivity index (χ3n) is 3.86. The van der Waals surface area contributed by atoms with Crippen LogP contribution in [-0.2, 0) is 6.42 Å². The van der Waals surface area contributed by atoms with Crippen LogP contribution in [0, 0.1) is 0 Å². The quantitative estimate of drug-likeness (QED) is 0.765.